The fourth-order valence-electron chi connectivity index (χ4n) is 2.51. The van der Waals surface area contributed by atoms with Crippen LogP contribution in [-0.2, 0) is 6.61 Å². The quantitative estimate of drug-likeness (QED) is 0.938. The molecule has 116 valence electrons. The highest BCUT2D eigenvalue weighted by Crippen LogP contribution is 2.19. The van der Waals surface area contributed by atoms with Gasteiger partial charge in [-0.25, -0.2) is 0 Å². The van der Waals surface area contributed by atoms with Crippen molar-refractivity contribution in [1.29, 1.82) is 0 Å². The van der Waals surface area contributed by atoms with Crippen LogP contribution in [-0.4, -0.2) is 35.6 Å². The lowest BCUT2D eigenvalue weighted by molar-refractivity contribution is 0.292. The van der Waals surface area contributed by atoms with Gasteiger partial charge in [-0.05, 0) is 24.6 Å². The van der Waals surface area contributed by atoms with Crippen molar-refractivity contribution in [3.63, 3.8) is 0 Å². The SMILES string of the molecule is C[C@@H]1CNCCN1c1cncc(OCc2cccc(Cl)c2)n1. The average Bonchev–Trinajstić information content (AvgIpc) is 2.54. The Hall–Kier alpha value is -1.85. The topological polar surface area (TPSA) is 50.3 Å². The molecule has 1 aromatic carbocycles. The van der Waals surface area contributed by atoms with Crippen molar-refractivity contribution in [3.8, 4) is 5.88 Å². The minimum absolute atomic E-state index is 0.395. The van der Waals surface area contributed by atoms with E-state index in [1.807, 2.05) is 24.3 Å². The Bertz CT molecular complexity index is 637. The highest BCUT2D eigenvalue weighted by molar-refractivity contribution is 6.30. The zero-order valence-electron chi connectivity index (χ0n) is 12.5. The van der Waals surface area contributed by atoms with Crippen LogP contribution in [0.2, 0.25) is 5.02 Å². The molecule has 1 aromatic heterocycles. The Balaban J connectivity index is 1.68. The van der Waals surface area contributed by atoms with E-state index in [9.17, 15) is 0 Å². The Morgan fingerprint density at radius 3 is 3.14 bits per heavy atom. The fourth-order valence-corrected chi connectivity index (χ4v) is 2.72. The predicted molar refractivity (Wildman–Crippen MR) is 87.5 cm³/mol. The predicted octanol–water partition coefficient (Wildman–Crippen LogP) is 2.51. The molecule has 2 heterocycles. The summed E-state index contributed by atoms with van der Waals surface area (Å²) in [6.07, 6.45) is 3.43. The van der Waals surface area contributed by atoms with E-state index >= 15 is 0 Å². The van der Waals surface area contributed by atoms with Crippen LogP contribution < -0.4 is 15.0 Å². The van der Waals surface area contributed by atoms with Crippen molar-refractivity contribution in [2.75, 3.05) is 24.5 Å². The highest BCUT2D eigenvalue weighted by atomic mass is 35.5. The van der Waals surface area contributed by atoms with E-state index in [4.69, 9.17) is 16.3 Å². The smallest absolute Gasteiger partial charge is 0.234 e. The van der Waals surface area contributed by atoms with Crippen LogP contribution >= 0.6 is 11.6 Å². The zero-order valence-corrected chi connectivity index (χ0v) is 13.3. The van der Waals surface area contributed by atoms with Crippen molar-refractivity contribution in [2.45, 2.75) is 19.6 Å². The van der Waals surface area contributed by atoms with Crippen LogP contribution in [0.1, 0.15) is 12.5 Å². The minimum atomic E-state index is 0.395. The largest absolute Gasteiger partial charge is 0.472 e. The monoisotopic (exact) mass is 318 g/mol. The van der Waals surface area contributed by atoms with E-state index in [0.29, 0.717) is 23.6 Å². The second kappa shape index (κ2) is 6.94. The average molecular weight is 319 g/mol. The number of benzene rings is 1. The van der Waals surface area contributed by atoms with Crippen LogP contribution in [0.25, 0.3) is 0 Å². The van der Waals surface area contributed by atoms with Crippen LogP contribution in [0.4, 0.5) is 5.82 Å². The summed E-state index contributed by atoms with van der Waals surface area (Å²) >= 11 is 5.97. The van der Waals surface area contributed by atoms with Gasteiger partial charge < -0.3 is 15.0 Å². The van der Waals surface area contributed by atoms with Gasteiger partial charge in [-0.2, -0.15) is 4.98 Å². The van der Waals surface area contributed by atoms with Gasteiger partial charge in [0.1, 0.15) is 6.61 Å². The van der Waals surface area contributed by atoms with Crippen molar-refractivity contribution in [1.82, 2.24) is 15.3 Å². The summed E-state index contributed by atoms with van der Waals surface area (Å²) in [7, 11) is 0. The number of ether oxygens (including phenoxy) is 1. The summed E-state index contributed by atoms with van der Waals surface area (Å²) in [5, 5.41) is 4.07. The molecule has 0 spiro atoms. The van der Waals surface area contributed by atoms with E-state index in [0.717, 1.165) is 31.0 Å². The van der Waals surface area contributed by atoms with Gasteiger partial charge in [-0.1, -0.05) is 23.7 Å². The maximum absolute atomic E-state index is 5.97. The maximum Gasteiger partial charge on any atom is 0.234 e. The first kappa shape index (κ1) is 15.1. The second-order valence-electron chi connectivity index (χ2n) is 5.38. The second-order valence-corrected chi connectivity index (χ2v) is 5.82. The molecule has 1 aliphatic rings. The molecule has 0 bridgehead atoms. The third-order valence-electron chi connectivity index (χ3n) is 3.67. The molecule has 1 aliphatic heterocycles. The Morgan fingerprint density at radius 1 is 1.41 bits per heavy atom. The van der Waals surface area contributed by atoms with E-state index in [1.165, 1.54) is 0 Å². The Labute approximate surface area is 135 Å². The molecule has 0 unspecified atom stereocenters. The van der Waals surface area contributed by atoms with Crippen LogP contribution in [0.5, 0.6) is 5.88 Å². The third kappa shape index (κ3) is 3.67. The van der Waals surface area contributed by atoms with Gasteiger partial charge in [-0.3, -0.25) is 4.98 Å². The Morgan fingerprint density at radius 2 is 2.32 bits per heavy atom. The van der Waals surface area contributed by atoms with Gasteiger partial charge in [0.2, 0.25) is 5.88 Å². The molecule has 2 aromatic rings. The number of hydrogen-bond donors (Lipinski definition) is 1. The molecule has 6 heteroatoms. The van der Waals surface area contributed by atoms with Gasteiger partial charge in [0, 0.05) is 30.7 Å². The van der Waals surface area contributed by atoms with Crippen LogP contribution in [0.15, 0.2) is 36.7 Å². The lowest BCUT2D eigenvalue weighted by atomic mass is 10.2. The number of anilines is 1. The lowest BCUT2D eigenvalue weighted by Gasteiger charge is -2.34. The van der Waals surface area contributed by atoms with Gasteiger partial charge >= 0.3 is 0 Å². The summed E-state index contributed by atoms with van der Waals surface area (Å²) in [5.41, 5.74) is 1.01. The molecule has 3 rings (SSSR count). The molecule has 0 radical (unpaired) electrons. The molecule has 5 nitrogen and oxygen atoms in total. The van der Waals surface area contributed by atoms with Crippen molar-refractivity contribution < 1.29 is 4.74 Å². The number of halogens is 1. The van der Waals surface area contributed by atoms with E-state index in [2.05, 4.69) is 27.1 Å². The van der Waals surface area contributed by atoms with Crippen LogP contribution in [0.3, 0.4) is 0 Å². The molecule has 0 saturated carbocycles. The molecular formula is C16H19ClN4O. The summed E-state index contributed by atoms with van der Waals surface area (Å²) in [6, 6.07) is 8.01. The lowest BCUT2D eigenvalue weighted by Crippen LogP contribution is -2.50. The van der Waals surface area contributed by atoms with Crippen molar-refractivity contribution in [3.05, 3.63) is 47.2 Å². The van der Waals surface area contributed by atoms with Crippen molar-refractivity contribution >= 4 is 17.4 Å². The minimum Gasteiger partial charge on any atom is -0.472 e. The van der Waals surface area contributed by atoms with Gasteiger partial charge in [0.25, 0.3) is 0 Å². The van der Waals surface area contributed by atoms with E-state index in [-0.39, 0.29) is 0 Å². The summed E-state index contributed by atoms with van der Waals surface area (Å²) < 4.78 is 5.74. The van der Waals surface area contributed by atoms with Crippen molar-refractivity contribution in [2.24, 2.45) is 0 Å². The summed E-state index contributed by atoms with van der Waals surface area (Å²) in [4.78, 5) is 11.1. The van der Waals surface area contributed by atoms with Crippen LogP contribution in [0, 0.1) is 0 Å². The highest BCUT2D eigenvalue weighted by Gasteiger charge is 2.19. The molecule has 0 aliphatic carbocycles. The third-order valence-corrected chi connectivity index (χ3v) is 3.91. The number of nitrogens with one attached hydrogen (secondary N) is 1. The first-order chi connectivity index (χ1) is 10.7. The fraction of sp³-hybridized carbons (Fsp3) is 0.375. The van der Waals surface area contributed by atoms with E-state index < -0.39 is 0 Å². The normalized spacial score (nSPS) is 18.3. The van der Waals surface area contributed by atoms with E-state index in [1.54, 1.807) is 12.4 Å². The molecule has 1 atom stereocenters. The number of nitrogens with zero attached hydrogens (tertiary/aromatic N) is 3. The molecule has 0 amide bonds. The van der Waals surface area contributed by atoms with Gasteiger partial charge in [-0.15, -0.1) is 0 Å². The number of aromatic nitrogens is 2. The Kier molecular flexibility index (Phi) is 4.75. The molecule has 1 saturated heterocycles. The number of rotatable bonds is 4. The summed E-state index contributed by atoms with van der Waals surface area (Å²) in [6.45, 7) is 5.44. The maximum atomic E-state index is 5.97. The van der Waals surface area contributed by atoms with Gasteiger partial charge in [0.05, 0.1) is 12.4 Å². The zero-order chi connectivity index (χ0) is 15.4. The molecule has 1 N–H and O–H groups in total. The molecular weight excluding hydrogens is 300 g/mol. The first-order valence-electron chi connectivity index (χ1n) is 7.39. The van der Waals surface area contributed by atoms with Gasteiger partial charge in [0.15, 0.2) is 5.82 Å². The standard InChI is InChI=1S/C16H19ClN4O/c1-12-8-18-5-6-21(12)15-9-19-10-16(20-15)22-11-13-3-2-4-14(17)7-13/h2-4,7,9-10,12,18H,5-6,8,11H2,1H3/t12-/m1/s1. The number of piperazine rings is 1. The number of hydrogen-bond acceptors (Lipinski definition) is 5. The first-order valence-corrected chi connectivity index (χ1v) is 7.77. The molecule has 22 heavy (non-hydrogen) atoms. The summed E-state index contributed by atoms with van der Waals surface area (Å²) in [5.74, 6) is 1.39. The molecule has 1 fully saturated rings.